The van der Waals surface area contributed by atoms with Crippen LogP contribution >= 0.6 is 0 Å². The molecule has 0 aromatic heterocycles. The van der Waals surface area contributed by atoms with Gasteiger partial charge in [0.15, 0.2) is 6.10 Å². The van der Waals surface area contributed by atoms with Crippen molar-refractivity contribution in [3.63, 3.8) is 0 Å². The first-order chi connectivity index (χ1) is 7.22. The molecule has 0 amide bonds. The third-order valence-corrected chi connectivity index (χ3v) is 1.35. The van der Waals surface area contributed by atoms with Gasteiger partial charge in [-0.05, 0) is 5.56 Å². The van der Waals surface area contributed by atoms with Gasteiger partial charge in [0.2, 0.25) is 0 Å². The van der Waals surface area contributed by atoms with E-state index >= 15 is 0 Å². The molecule has 0 saturated carbocycles. The van der Waals surface area contributed by atoms with E-state index in [1.807, 2.05) is 27.7 Å². The molecule has 0 aliphatic carbocycles. The fourth-order valence-electron chi connectivity index (χ4n) is 0.778. The first-order valence-electron chi connectivity index (χ1n) is 5.17. The van der Waals surface area contributed by atoms with Gasteiger partial charge in [-0.3, -0.25) is 0 Å². The van der Waals surface area contributed by atoms with Crippen molar-refractivity contribution in [2.24, 2.45) is 0 Å². The minimum atomic E-state index is -1.41. The molecule has 86 valence electrons. The second-order valence-corrected chi connectivity index (χ2v) is 2.15. The predicted octanol–water partition coefficient (Wildman–Crippen LogP) is 2.86. The molecule has 3 nitrogen and oxygen atoms in total. The van der Waals surface area contributed by atoms with Crippen molar-refractivity contribution in [2.75, 3.05) is 0 Å². The van der Waals surface area contributed by atoms with Crippen molar-refractivity contribution < 1.29 is 15.0 Å². The Hall–Kier alpha value is -1.35. The highest BCUT2D eigenvalue weighted by Crippen LogP contribution is 2.10. The summed E-state index contributed by atoms with van der Waals surface area (Å²) >= 11 is 0. The zero-order chi connectivity index (χ0) is 12.3. The normalized spacial score (nSPS) is 9.93. The first-order valence-corrected chi connectivity index (χ1v) is 5.17. The number of aliphatic carboxylic acids is 1. The van der Waals surface area contributed by atoms with Crippen LogP contribution in [-0.4, -0.2) is 16.2 Å². The molecular weight excluding hydrogens is 192 g/mol. The molecule has 0 heterocycles. The molecule has 0 radical (unpaired) electrons. The lowest BCUT2D eigenvalue weighted by atomic mass is 10.1. The molecule has 0 bridgehead atoms. The fraction of sp³-hybridized carbons (Fsp3) is 0.417. The van der Waals surface area contributed by atoms with E-state index in [4.69, 9.17) is 10.2 Å². The smallest absolute Gasteiger partial charge is 0.337 e. The minimum Gasteiger partial charge on any atom is -0.479 e. The maximum atomic E-state index is 10.2. The molecule has 1 aromatic rings. The maximum Gasteiger partial charge on any atom is 0.337 e. The van der Waals surface area contributed by atoms with Gasteiger partial charge in [-0.2, -0.15) is 0 Å². The van der Waals surface area contributed by atoms with E-state index in [0.29, 0.717) is 5.56 Å². The predicted molar refractivity (Wildman–Crippen MR) is 61.7 cm³/mol. The summed E-state index contributed by atoms with van der Waals surface area (Å²) in [5.74, 6) is -1.23. The Bertz CT molecular complexity index is 244. The summed E-state index contributed by atoms with van der Waals surface area (Å²) < 4.78 is 0. The summed E-state index contributed by atoms with van der Waals surface area (Å²) in [5.41, 5.74) is 0.403. The highest BCUT2D eigenvalue weighted by Gasteiger charge is 2.14. The van der Waals surface area contributed by atoms with E-state index in [2.05, 4.69) is 0 Å². The quantitative estimate of drug-likeness (QED) is 0.792. The molecule has 1 rings (SSSR count). The van der Waals surface area contributed by atoms with Gasteiger partial charge in [0.25, 0.3) is 0 Å². The Kier molecular flexibility index (Phi) is 11.5. The lowest BCUT2D eigenvalue weighted by molar-refractivity contribution is -0.146. The number of hydrogen-bond acceptors (Lipinski definition) is 2. The van der Waals surface area contributed by atoms with Crippen molar-refractivity contribution in [3.05, 3.63) is 35.9 Å². The highest BCUT2D eigenvalue weighted by molar-refractivity contribution is 5.73. The van der Waals surface area contributed by atoms with Crippen LogP contribution in [0, 0.1) is 0 Å². The topological polar surface area (TPSA) is 57.5 Å². The molecule has 15 heavy (non-hydrogen) atoms. The number of carbonyl (C=O) groups is 1. The van der Waals surface area contributed by atoms with Crippen molar-refractivity contribution in [1.82, 2.24) is 0 Å². The minimum absolute atomic E-state index is 0.403. The molecule has 0 aliphatic rings. The Morgan fingerprint density at radius 3 is 1.80 bits per heavy atom. The molecular formula is C12H20O3. The van der Waals surface area contributed by atoms with Crippen LogP contribution in [0.25, 0.3) is 0 Å². The number of benzene rings is 1. The summed E-state index contributed by atoms with van der Waals surface area (Å²) in [7, 11) is 0. The van der Waals surface area contributed by atoms with Gasteiger partial charge in [-0.1, -0.05) is 58.0 Å². The molecule has 1 unspecified atom stereocenters. The molecule has 0 aliphatic heterocycles. The number of carboxylic acid groups (broad SMARTS) is 1. The van der Waals surface area contributed by atoms with Gasteiger partial charge in [-0.15, -0.1) is 0 Å². The van der Waals surface area contributed by atoms with Gasteiger partial charge in [-0.25, -0.2) is 4.79 Å². The summed E-state index contributed by atoms with van der Waals surface area (Å²) in [4.78, 5) is 10.2. The Labute approximate surface area is 91.4 Å². The number of hydrogen-bond donors (Lipinski definition) is 2. The van der Waals surface area contributed by atoms with E-state index in [0.717, 1.165) is 0 Å². The number of rotatable bonds is 2. The summed E-state index contributed by atoms with van der Waals surface area (Å²) in [5, 5.41) is 17.4. The van der Waals surface area contributed by atoms with Gasteiger partial charge in [0.05, 0.1) is 0 Å². The zero-order valence-corrected chi connectivity index (χ0v) is 9.77. The molecule has 0 spiro atoms. The van der Waals surface area contributed by atoms with Crippen LogP contribution in [0.2, 0.25) is 0 Å². The standard InChI is InChI=1S/C8H8O3.2C2H6/c9-7(8(10)11)6-4-2-1-3-5-6;2*1-2/h1-5,7,9H,(H,10,11);2*1-2H3. The van der Waals surface area contributed by atoms with Crippen LogP contribution in [0.5, 0.6) is 0 Å². The van der Waals surface area contributed by atoms with E-state index < -0.39 is 12.1 Å². The van der Waals surface area contributed by atoms with Crippen molar-refractivity contribution >= 4 is 5.97 Å². The van der Waals surface area contributed by atoms with Crippen LogP contribution in [0.4, 0.5) is 0 Å². The molecule has 0 saturated heterocycles. The molecule has 1 aromatic carbocycles. The molecule has 3 heteroatoms. The largest absolute Gasteiger partial charge is 0.479 e. The molecule has 0 fully saturated rings. The van der Waals surface area contributed by atoms with E-state index in [-0.39, 0.29) is 0 Å². The number of aliphatic hydroxyl groups excluding tert-OH is 1. The van der Waals surface area contributed by atoms with Crippen LogP contribution in [-0.2, 0) is 4.79 Å². The van der Waals surface area contributed by atoms with E-state index in [1.165, 1.54) is 0 Å². The van der Waals surface area contributed by atoms with Crippen LogP contribution in [0.15, 0.2) is 30.3 Å². The molecule has 1 atom stereocenters. The highest BCUT2D eigenvalue weighted by atomic mass is 16.4. The van der Waals surface area contributed by atoms with Gasteiger partial charge >= 0.3 is 5.97 Å². The van der Waals surface area contributed by atoms with Crippen molar-refractivity contribution in [2.45, 2.75) is 33.8 Å². The van der Waals surface area contributed by atoms with Crippen LogP contribution in [0.1, 0.15) is 39.4 Å². The zero-order valence-electron chi connectivity index (χ0n) is 9.77. The Morgan fingerprint density at radius 1 is 1.07 bits per heavy atom. The first kappa shape index (κ1) is 16.1. The molecule has 2 N–H and O–H groups in total. The summed E-state index contributed by atoms with van der Waals surface area (Å²) in [6.07, 6.45) is -1.41. The Balaban J connectivity index is 0. The lowest BCUT2D eigenvalue weighted by Crippen LogP contribution is -2.09. The summed E-state index contributed by atoms with van der Waals surface area (Å²) in [6, 6.07) is 8.26. The number of carboxylic acids is 1. The Morgan fingerprint density at radius 2 is 1.47 bits per heavy atom. The maximum absolute atomic E-state index is 10.2. The second-order valence-electron chi connectivity index (χ2n) is 2.15. The third-order valence-electron chi connectivity index (χ3n) is 1.35. The second kappa shape index (κ2) is 10.7. The SMILES string of the molecule is CC.CC.O=C(O)C(O)c1ccccc1. The van der Waals surface area contributed by atoms with Gasteiger partial charge in [0.1, 0.15) is 0 Å². The van der Waals surface area contributed by atoms with E-state index in [1.54, 1.807) is 30.3 Å². The van der Waals surface area contributed by atoms with Gasteiger partial charge < -0.3 is 10.2 Å². The van der Waals surface area contributed by atoms with Crippen LogP contribution < -0.4 is 0 Å². The average molecular weight is 212 g/mol. The average Bonchev–Trinajstić information content (AvgIpc) is 2.34. The van der Waals surface area contributed by atoms with Crippen molar-refractivity contribution in [1.29, 1.82) is 0 Å². The van der Waals surface area contributed by atoms with Gasteiger partial charge in [0, 0.05) is 0 Å². The van der Waals surface area contributed by atoms with Crippen molar-refractivity contribution in [3.8, 4) is 0 Å². The monoisotopic (exact) mass is 212 g/mol. The van der Waals surface area contributed by atoms with Crippen LogP contribution in [0.3, 0.4) is 0 Å². The third kappa shape index (κ3) is 6.69. The lowest BCUT2D eigenvalue weighted by Gasteiger charge is -2.03. The van der Waals surface area contributed by atoms with E-state index in [9.17, 15) is 4.79 Å². The number of aliphatic hydroxyl groups is 1. The fourth-order valence-corrected chi connectivity index (χ4v) is 0.778. The summed E-state index contributed by atoms with van der Waals surface area (Å²) in [6.45, 7) is 8.00.